The van der Waals surface area contributed by atoms with Gasteiger partial charge in [0.05, 0.1) is 13.2 Å². The van der Waals surface area contributed by atoms with Crippen LogP contribution in [0.5, 0.6) is 0 Å². The van der Waals surface area contributed by atoms with Crippen LogP contribution in [0.15, 0.2) is 18.3 Å². The molecule has 0 spiro atoms. The molecule has 1 aromatic heterocycles. The van der Waals surface area contributed by atoms with E-state index in [1.165, 1.54) is 0 Å². The quantitative estimate of drug-likeness (QED) is 0.839. The predicted molar refractivity (Wildman–Crippen MR) is 84.9 cm³/mol. The van der Waals surface area contributed by atoms with Crippen molar-refractivity contribution in [2.45, 2.75) is 18.4 Å². The van der Waals surface area contributed by atoms with Gasteiger partial charge in [0.15, 0.2) is 0 Å². The molecule has 7 nitrogen and oxygen atoms in total. The van der Waals surface area contributed by atoms with Gasteiger partial charge in [0.2, 0.25) is 0 Å². The largest absolute Gasteiger partial charge is 0.478 e. The molecule has 0 saturated carbocycles. The molecule has 2 fully saturated rings. The molecule has 0 aromatic carbocycles. The Hall–Kier alpha value is -1.70. The minimum Gasteiger partial charge on any atom is -0.478 e. The van der Waals surface area contributed by atoms with E-state index < -0.39 is 5.97 Å². The summed E-state index contributed by atoms with van der Waals surface area (Å²) in [6.45, 7) is 5.40. The van der Waals surface area contributed by atoms with Gasteiger partial charge in [0, 0.05) is 44.6 Å². The number of rotatable bonds is 5. The molecule has 2 N–H and O–H groups in total. The van der Waals surface area contributed by atoms with E-state index in [0.29, 0.717) is 12.4 Å². The highest BCUT2D eigenvalue weighted by Crippen LogP contribution is 2.29. The molecular weight excluding hydrogens is 298 g/mol. The van der Waals surface area contributed by atoms with Crippen LogP contribution in [0.4, 0.5) is 5.82 Å². The maximum atomic E-state index is 11.3. The Morgan fingerprint density at radius 1 is 1.26 bits per heavy atom. The van der Waals surface area contributed by atoms with E-state index in [9.17, 15) is 9.90 Å². The topological polar surface area (TPSA) is 83.9 Å². The highest BCUT2D eigenvalue weighted by Gasteiger charge is 2.39. The summed E-state index contributed by atoms with van der Waals surface area (Å²) in [5.41, 5.74) is 0.173. The van der Waals surface area contributed by atoms with Gasteiger partial charge >= 0.3 is 5.97 Å². The molecule has 2 aliphatic rings. The number of aromatic nitrogens is 1. The first-order valence-electron chi connectivity index (χ1n) is 8.04. The molecule has 2 saturated heterocycles. The van der Waals surface area contributed by atoms with Crippen molar-refractivity contribution in [3.63, 3.8) is 0 Å². The van der Waals surface area contributed by atoms with Crippen molar-refractivity contribution >= 4 is 11.8 Å². The van der Waals surface area contributed by atoms with Gasteiger partial charge in [-0.05, 0) is 25.0 Å². The lowest BCUT2D eigenvalue weighted by Crippen LogP contribution is -2.59. The van der Waals surface area contributed by atoms with Gasteiger partial charge in [0.1, 0.15) is 11.4 Å². The summed E-state index contributed by atoms with van der Waals surface area (Å²) in [6.07, 6.45) is 3.46. The van der Waals surface area contributed by atoms with Crippen LogP contribution in [0.25, 0.3) is 0 Å². The van der Waals surface area contributed by atoms with Crippen molar-refractivity contribution in [1.82, 2.24) is 9.88 Å². The molecule has 3 rings (SSSR count). The van der Waals surface area contributed by atoms with E-state index in [4.69, 9.17) is 9.47 Å². The monoisotopic (exact) mass is 321 g/mol. The maximum Gasteiger partial charge on any atom is 0.339 e. The number of carboxylic acid groups (broad SMARTS) is 1. The molecule has 3 heterocycles. The summed E-state index contributed by atoms with van der Waals surface area (Å²) in [4.78, 5) is 18.0. The fraction of sp³-hybridized carbons (Fsp3) is 0.625. The maximum absolute atomic E-state index is 11.3. The average Bonchev–Trinajstić information content (AvgIpc) is 2.62. The second-order valence-corrected chi connectivity index (χ2v) is 5.99. The van der Waals surface area contributed by atoms with Gasteiger partial charge in [-0.25, -0.2) is 9.78 Å². The van der Waals surface area contributed by atoms with Crippen molar-refractivity contribution in [1.29, 1.82) is 0 Å². The Bertz CT molecular complexity index is 540. The fourth-order valence-electron chi connectivity index (χ4n) is 3.36. The Balaban J connectivity index is 1.75. The standard InChI is InChI=1S/C16H23N3O4/c20-15(21)13-2-1-5-17-14(13)18-12-16(3-8-22-9-4-16)19-6-10-23-11-7-19/h1-2,5H,3-4,6-12H2,(H,17,18)(H,20,21). The van der Waals surface area contributed by atoms with Gasteiger partial charge < -0.3 is 19.9 Å². The lowest BCUT2D eigenvalue weighted by molar-refractivity contribution is -0.0653. The Kier molecular flexibility index (Phi) is 5.09. The molecule has 0 atom stereocenters. The lowest BCUT2D eigenvalue weighted by Gasteiger charge is -2.48. The second kappa shape index (κ2) is 7.25. The normalized spacial score (nSPS) is 21.7. The number of morpholine rings is 1. The number of nitrogens with zero attached hydrogens (tertiary/aromatic N) is 2. The molecule has 0 bridgehead atoms. The summed E-state index contributed by atoms with van der Waals surface area (Å²) in [5, 5.41) is 12.6. The highest BCUT2D eigenvalue weighted by molar-refractivity contribution is 5.92. The van der Waals surface area contributed by atoms with Gasteiger partial charge in [-0.2, -0.15) is 0 Å². The zero-order chi connectivity index (χ0) is 16.1. The number of pyridine rings is 1. The first-order valence-corrected chi connectivity index (χ1v) is 8.04. The summed E-state index contributed by atoms with van der Waals surface area (Å²) < 4.78 is 11.0. The van der Waals surface area contributed by atoms with E-state index >= 15 is 0 Å². The third kappa shape index (κ3) is 3.63. The minimum absolute atomic E-state index is 0.0324. The number of carboxylic acids is 1. The van der Waals surface area contributed by atoms with Crippen LogP contribution in [0.1, 0.15) is 23.2 Å². The molecule has 2 aliphatic heterocycles. The van der Waals surface area contributed by atoms with Gasteiger partial charge in [-0.3, -0.25) is 4.90 Å². The van der Waals surface area contributed by atoms with Crippen LogP contribution in [-0.4, -0.2) is 72.6 Å². The SMILES string of the molecule is O=C(O)c1cccnc1NCC1(N2CCOCC2)CCOCC1. The summed E-state index contributed by atoms with van der Waals surface area (Å²) in [7, 11) is 0. The molecular formula is C16H23N3O4. The van der Waals surface area contributed by atoms with Crippen LogP contribution in [-0.2, 0) is 9.47 Å². The van der Waals surface area contributed by atoms with E-state index in [1.807, 2.05) is 0 Å². The number of ether oxygens (including phenoxy) is 2. The van der Waals surface area contributed by atoms with Crippen molar-refractivity contribution in [3.8, 4) is 0 Å². The molecule has 1 aromatic rings. The van der Waals surface area contributed by atoms with Crippen LogP contribution >= 0.6 is 0 Å². The molecule has 0 radical (unpaired) electrons. The summed E-state index contributed by atoms with van der Waals surface area (Å²) >= 11 is 0. The number of hydrogen-bond acceptors (Lipinski definition) is 6. The minimum atomic E-state index is -0.965. The van der Waals surface area contributed by atoms with Gasteiger partial charge in [0.25, 0.3) is 0 Å². The average molecular weight is 321 g/mol. The molecule has 7 heteroatoms. The lowest BCUT2D eigenvalue weighted by atomic mass is 9.87. The molecule has 23 heavy (non-hydrogen) atoms. The van der Waals surface area contributed by atoms with E-state index in [2.05, 4.69) is 15.2 Å². The first kappa shape index (κ1) is 16.2. The fourth-order valence-corrected chi connectivity index (χ4v) is 3.36. The Labute approximate surface area is 135 Å². The smallest absolute Gasteiger partial charge is 0.339 e. The van der Waals surface area contributed by atoms with Crippen molar-refractivity contribution in [2.75, 3.05) is 51.4 Å². The molecule has 0 unspecified atom stereocenters. The van der Waals surface area contributed by atoms with Gasteiger partial charge in [-0.15, -0.1) is 0 Å². The summed E-state index contributed by atoms with van der Waals surface area (Å²) in [5.74, 6) is -0.535. The third-order valence-corrected chi connectivity index (χ3v) is 4.73. The van der Waals surface area contributed by atoms with Crippen LogP contribution < -0.4 is 5.32 Å². The number of aromatic carboxylic acids is 1. The van der Waals surface area contributed by atoms with Crippen LogP contribution in [0.2, 0.25) is 0 Å². The number of hydrogen-bond donors (Lipinski definition) is 2. The van der Waals surface area contributed by atoms with Crippen LogP contribution in [0.3, 0.4) is 0 Å². The van der Waals surface area contributed by atoms with E-state index in [-0.39, 0.29) is 11.1 Å². The van der Waals surface area contributed by atoms with Crippen molar-refractivity contribution in [2.24, 2.45) is 0 Å². The van der Waals surface area contributed by atoms with Crippen molar-refractivity contribution < 1.29 is 19.4 Å². The third-order valence-electron chi connectivity index (χ3n) is 4.73. The first-order chi connectivity index (χ1) is 11.2. The highest BCUT2D eigenvalue weighted by atomic mass is 16.5. The van der Waals surface area contributed by atoms with E-state index in [1.54, 1.807) is 18.3 Å². The number of nitrogens with one attached hydrogen (secondary N) is 1. The van der Waals surface area contributed by atoms with Crippen molar-refractivity contribution in [3.05, 3.63) is 23.9 Å². The Morgan fingerprint density at radius 3 is 2.65 bits per heavy atom. The zero-order valence-electron chi connectivity index (χ0n) is 13.2. The van der Waals surface area contributed by atoms with Crippen LogP contribution in [0, 0.1) is 0 Å². The number of anilines is 1. The molecule has 126 valence electrons. The second-order valence-electron chi connectivity index (χ2n) is 5.99. The van der Waals surface area contributed by atoms with E-state index in [0.717, 1.165) is 52.4 Å². The molecule has 0 aliphatic carbocycles. The molecule has 0 amide bonds. The summed E-state index contributed by atoms with van der Waals surface area (Å²) in [6, 6.07) is 3.21. The van der Waals surface area contributed by atoms with Gasteiger partial charge in [-0.1, -0.05) is 0 Å². The number of carbonyl (C=O) groups is 1. The Morgan fingerprint density at radius 2 is 1.96 bits per heavy atom. The zero-order valence-corrected chi connectivity index (χ0v) is 13.2. The predicted octanol–water partition coefficient (Wildman–Crippen LogP) is 1.07.